The molecule has 5 nitrogen and oxygen atoms in total. The fourth-order valence-electron chi connectivity index (χ4n) is 2.90. The van der Waals surface area contributed by atoms with E-state index in [4.69, 9.17) is 4.74 Å². The number of nitrogens with zero attached hydrogens (tertiary/aromatic N) is 2. The fraction of sp³-hybridized carbons (Fsp3) is 0.632. The Morgan fingerprint density at radius 2 is 1.83 bits per heavy atom. The first-order valence-corrected chi connectivity index (χ1v) is 9.12. The van der Waals surface area contributed by atoms with Crippen LogP contribution in [0, 0.1) is 0 Å². The van der Waals surface area contributed by atoms with Crippen molar-refractivity contribution in [3.63, 3.8) is 0 Å². The second-order valence-electron chi connectivity index (χ2n) is 6.22. The molecule has 1 amide bonds. The second kappa shape index (κ2) is 10.4. The van der Waals surface area contributed by atoms with Crippen LogP contribution < -0.4 is 5.32 Å². The van der Waals surface area contributed by atoms with Crippen molar-refractivity contribution in [1.29, 1.82) is 0 Å². The van der Waals surface area contributed by atoms with Crippen molar-refractivity contribution in [2.45, 2.75) is 26.8 Å². The number of nitrogens with one attached hydrogen (secondary N) is 1. The van der Waals surface area contributed by atoms with E-state index < -0.39 is 0 Å². The smallest absolute Gasteiger partial charge is 0.251 e. The number of ether oxygens (including phenoxy) is 1. The van der Waals surface area contributed by atoms with Crippen LogP contribution in [0.2, 0.25) is 0 Å². The van der Waals surface area contributed by atoms with Gasteiger partial charge < -0.3 is 10.1 Å². The van der Waals surface area contributed by atoms with Gasteiger partial charge in [-0.3, -0.25) is 14.6 Å². The molecule has 1 N–H and O–H groups in total. The molecule has 0 radical (unpaired) electrons. The lowest BCUT2D eigenvalue weighted by Gasteiger charge is -2.26. The van der Waals surface area contributed by atoms with Gasteiger partial charge in [-0.1, -0.05) is 26.0 Å². The number of benzene rings is 1. The van der Waals surface area contributed by atoms with Gasteiger partial charge in [0.2, 0.25) is 0 Å². The lowest BCUT2D eigenvalue weighted by atomic mass is 10.1. The van der Waals surface area contributed by atoms with Crippen LogP contribution in [0.15, 0.2) is 24.3 Å². The first-order chi connectivity index (χ1) is 11.7. The highest BCUT2D eigenvalue weighted by atomic mass is 16.5. The Bertz CT molecular complexity index is 480. The Balaban J connectivity index is 1.69. The molecule has 1 aliphatic heterocycles. The van der Waals surface area contributed by atoms with E-state index in [0.717, 1.165) is 71.0 Å². The van der Waals surface area contributed by atoms with E-state index in [0.29, 0.717) is 0 Å². The molecule has 0 spiro atoms. The number of rotatable bonds is 9. The van der Waals surface area contributed by atoms with Gasteiger partial charge in [-0.05, 0) is 43.8 Å². The standard InChI is InChI=1S/C19H31N3O2/c1-3-21(4-2)16-17-6-8-18(9-7-17)19(23)20-10-5-11-22-12-14-24-15-13-22/h6-9H,3-5,10-16H2,1-2H3,(H,20,23). The molecule has 0 unspecified atom stereocenters. The molecule has 0 saturated carbocycles. The van der Waals surface area contributed by atoms with E-state index in [1.165, 1.54) is 5.56 Å². The third-order valence-electron chi connectivity index (χ3n) is 4.56. The number of carbonyl (C=O) groups is 1. The van der Waals surface area contributed by atoms with Crippen molar-refractivity contribution in [3.8, 4) is 0 Å². The fourth-order valence-corrected chi connectivity index (χ4v) is 2.90. The minimum atomic E-state index is 0.0198. The minimum Gasteiger partial charge on any atom is -0.379 e. The SMILES string of the molecule is CCN(CC)Cc1ccc(C(=O)NCCCN2CCOCC2)cc1. The molecular formula is C19H31N3O2. The van der Waals surface area contributed by atoms with Crippen molar-refractivity contribution in [1.82, 2.24) is 15.1 Å². The molecule has 24 heavy (non-hydrogen) atoms. The van der Waals surface area contributed by atoms with Crippen molar-refractivity contribution >= 4 is 5.91 Å². The number of amides is 1. The molecule has 1 aromatic carbocycles. The van der Waals surface area contributed by atoms with Gasteiger partial charge in [0.25, 0.3) is 5.91 Å². The summed E-state index contributed by atoms with van der Waals surface area (Å²) in [5.74, 6) is 0.0198. The molecule has 0 bridgehead atoms. The summed E-state index contributed by atoms with van der Waals surface area (Å²) in [7, 11) is 0. The normalized spacial score (nSPS) is 15.6. The highest BCUT2D eigenvalue weighted by Gasteiger charge is 2.10. The second-order valence-corrected chi connectivity index (χ2v) is 6.22. The molecule has 5 heteroatoms. The number of morpholine rings is 1. The van der Waals surface area contributed by atoms with E-state index in [9.17, 15) is 4.79 Å². The molecule has 1 heterocycles. The lowest BCUT2D eigenvalue weighted by Crippen LogP contribution is -2.38. The van der Waals surface area contributed by atoms with Crippen molar-refractivity contribution in [2.24, 2.45) is 0 Å². The van der Waals surface area contributed by atoms with Gasteiger partial charge in [0.1, 0.15) is 0 Å². The number of hydrogen-bond donors (Lipinski definition) is 1. The maximum Gasteiger partial charge on any atom is 0.251 e. The molecule has 1 aliphatic rings. The number of carbonyl (C=O) groups excluding carboxylic acids is 1. The summed E-state index contributed by atoms with van der Waals surface area (Å²) >= 11 is 0. The third-order valence-corrected chi connectivity index (χ3v) is 4.56. The van der Waals surface area contributed by atoms with Crippen LogP contribution in [0.25, 0.3) is 0 Å². The monoisotopic (exact) mass is 333 g/mol. The molecule has 1 saturated heterocycles. The molecule has 1 fully saturated rings. The Morgan fingerprint density at radius 3 is 2.46 bits per heavy atom. The van der Waals surface area contributed by atoms with Crippen LogP contribution in [0.3, 0.4) is 0 Å². The predicted molar refractivity (Wildman–Crippen MR) is 97.3 cm³/mol. The Morgan fingerprint density at radius 1 is 1.17 bits per heavy atom. The summed E-state index contributed by atoms with van der Waals surface area (Å²) in [6.45, 7) is 12.8. The molecular weight excluding hydrogens is 302 g/mol. The molecule has 0 aromatic heterocycles. The van der Waals surface area contributed by atoms with Crippen LogP contribution in [-0.2, 0) is 11.3 Å². The van der Waals surface area contributed by atoms with Gasteiger partial charge in [0, 0.05) is 31.7 Å². The van der Waals surface area contributed by atoms with Crippen molar-refractivity contribution < 1.29 is 9.53 Å². The van der Waals surface area contributed by atoms with Gasteiger partial charge in [-0.15, -0.1) is 0 Å². The largest absolute Gasteiger partial charge is 0.379 e. The van der Waals surface area contributed by atoms with E-state index in [1.54, 1.807) is 0 Å². The zero-order chi connectivity index (χ0) is 17.2. The predicted octanol–water partition coefficient (Wildman–Crippen LogP) is 1.98. The summed E-state index contributed by atoms with van der Waals surface area (Å²) in [6.07, 6.45) is 0.978. The average molecular weight is 333 g/mol. The average Bonchev–Trinajstić information content (AvgIpc) is 2.64. The molecule has 1 aromatic rings. The summed E-state index contributed by atoms with van der Waals surface area (Å²) in [4.78, 5) is 16.9. The first kappa shape index (κ1) is 18.9. The van der Waals surface area contributed by atoms with E-state index >= 15 is 0 Å². The quantitative estimate of drug-likeness (QED) is 0.702. The van der Waals surface area contributed by atoms with Gasteiger partial charge in [0.05, 0.1) is 13.2 Å². The van der Waals surface area contributed by atoms with Crippen LogP contribution in [0.4, 0.5) is 0 Å². The van der Waals surface area contributed by atoms with Gasteiger partial charge in [0.15, 0.2) is 0 Å². The highest BCUT2D eigenvalue weighted by Crippen LogP contribution is 2.08. The molecule has 2 rings (SSSR count). The first-order valence-electron chi connectivity index (χ1n) is 9.12. The summed E-state index contributed by atoms with van der Waals surface area (Å²) in [5.41, 5.74) is 1.99. The van der Waals surface area contributed by atoms with Crippen molar-refractivity contribution in [2.75, 3.05) is 52.5 Å². The molecule has 0 atom stereocenters. The minimum absolute atomic E-state index is 0.0198. The zero-order valence-electron chi connectivity index (χ0n) is 15.1. The Hall–Kier alpha value is -1.43. The van der Waals surface area contributed by atoms with Crippen LogP contribution in [0.5, 0.6) is 0 Å². The topological polar surface area (TPSA) is 44.8 Å². The Labute approximate surface area is 146 Å². The van der Waals surface area contributed by atoms with E-state index in [1.807, 2.05) is 12.1 Å². The summed E-state index contributed by atoms with van der Waals surface area (Å²) in [5, 5.41) is 3.01. The van der Waals surface area contributed by atoms with Crippen molar-refractivity contribution in [3.05, 3.63) is 35.4 Å². The maximum atomic E-state index is 12.2. The van der Waals surface area contributed by atoms with Crippen LogP contribution in [-0.4, -0.2) is 68.2 Å². The lowest BCUT2D eigenvalue weighted by molar-refractivity contribution is 0.0374. The molecule has 134 valence electrons. The van der Waals surface area contributed by atoms with Gasteiger partial charge in [-0.25, -0.2) is 0 Å². The zero-order valence-corrected chi connectivity index (χ0v) is 15.1. The highest BCUT2D eigenvalue weighted by molar-refractivity contribution is 5.94. The van der Waals surface area contributed by atoms with Crippen LogP contribution in [0.1, 0.15) is 36.2 Å². The maximum absolute atomic E-state index is 12.2. The van der Waals surface area contributed by atoms with Gasteiger partial charge >= 0.3 is 0 Å². The van der Waals surface area contributed by atoms with E-state index in [2.05, 4.69) is 41.1 Å². The van der Waals surface area contributed by atoms with Gasteiger partial charge in [-0.2, -0.15) is 0 Å². The van der Waals surface area contributed by atoms with E-state index in [-0.39, 0.29) is 5.91 Å². The number of hydrogen-bond acceptors (Lipinski definition) is 4. The summed E-state index contributed by atoms with van der Waals surface area (Å²) in [6, 6.07) is 7.97. The third kappa shape index (κ3) is 6.23. The van der Waals surface area contributed by atoms with Crippen LogP contribution >= 0.6 is 0 Å². The summed E-state index contributed by atoms with van der Waals surface area (Å²) < 4.78 is 5.34. The molecule has 0 aliphatic carbocycles. The Kier molecular flexibility index (Phi) is 8.22.